The molecule has 2 heteroatoms. The summed E-state index contributed by atoms with van der Waals surface area (Å²) in [5.41, 5.74) is 4.64. The van der Waals surface area contributed by atoms with Crippen LogP contribution in [0.25, 0.3) is 22.3 Å². The predicted molar refractivity (Wildman–Crippen MR) is 83.8 cm³/mol. The van der Waals surface area contributed by atoms with Crippen molar-refractivity contribution in [1.82, 2.24) is 5.32 Å². The van der Waals surface area contributed by atoms with Crippen LogP contribution < -0.4 is 5.32 Å². The number of furan rings is 1. The second kappa shape index (κ2) is 5.51. The van der Waals surface area contributed by atoms with Gasteiger partial charge in [0.1, 0.15) is 11.3 Å². The molecule has 0 saturated carbocycles. The molecule has 0 spiro atoms. The van der Waals surface area contributed by atoms with Crippen molar-refractivity contribution in [3.05, 3.63) is 59.7 Å². The second-order valence-corrected chi connectivity index (χ2v) is 5.09. The summed E-state index contributed by atoms with van der Waals surface area (Å²) in [7, 11) is 0. The second-order valence-electron chi connectivity index (χ2n) is 5.09. The fourth-order valence-electron chi connectivity index (χ4n) is 2.47. The lowest BCUT2D eigenvalue weighted by atomic mass is 10.0. The van der Waals surface area contributed by atoms with Crippen LogP contribution in [0.3, 0.4) is 0 Å². The molecule has 0 amide bonds. The molecule has 2 aromatic carbocycles. The quantitative estimate of drug-likeness (QED) is 0.750. The average Bonchev–Trinajstić information content (AvgIpc) is 2.88. The number of nitrogens with one attached hydrogen (secondary N) is 1. The van der Waals surface area contributed by atoms with E-state index in [-0.39, 0.29) is 0 Å². The van der Waals surface area contributed by atoms with Gasteiger partial charge < -0.3 is 9.73 Å². The molecule has 0 bridgehead atoms. The molecule has 0 fully saturated rings. The van der Waals surface area contributed by atoms with Crippen molar-refractivity contribution in [3.8, 4) is 11.3 Å². The summed E-state index contributed by atoms with van der Waals surface area (Å²) in [6.45, 7) is 6.05. The molecule has 0 atom stereocenters. The van der Waals surface area contributed by atoms with Gasteiger partial charge in [0.25, 0.3) is 0 Å². The van der Waals surface area contributed by atoms with Crippen molar-refractivity contribution in [2.75, 3.05) is 6.54 Å². The molecule has 0 aliphatic rings. The molecule has 0 radical (unpaired) electrons. The van der Waals surface area contributed by atoms with E-state index in [1.54, 1.807) is 0 Å². The SMILES string of the molecule is CCNCc1ccccc1-c1cc2cc(C)ccc2o1. The first kappa shape index (κ1) is 12.9. The predicted octanol–water partition coefficient (Wildman–Crippen LogP) is 4.52. The zero-order chi connectivity index (χ0) is 13.9. The van der Waals surface area contributed by atoms with Gasteiger partial charge in [-0.1, -0.05) is 42.8 Å². The fraction of sp³-hybridized carbons (Fsp3) is 0.222. The van der Waals surface area contributed by atoms with Crippen molar-refractivity contribution < 1.29 is 4.42 Å². The van der Waals surface area contributed by atoms with E-state index in [1.165, 1.54) is 22.1 Å². The molecular weight excluding hydrogens is 246 g/mol. The molecule has 2 nitrogen and oxygen atoms in total. The van der Waals surface area contributed by atoms with Gasteiger partial charge in [0.15, 0.2) is 0 Å². The fourth-order valence-corrected chi connectivity index (χ4v) is 2.47. The van der Waals surface area contributed by atoms with Gasteiger partial charge in [-0.05, 0) is 37.2 Å². The summed E-state index contributed by atoms with van der Waals surface area (Å²) >= 11 is 0. The molecule has 0 saturated heterocycles. The van der Waals surface area contributed by atoms with Crippen LogP contribution in [0, 0.1) is 6.92 Å². The third kappa shape index (κ3) is 2.47. The molecule has 0 aliphatic heterocycles. The van der Waals surface area contributed by atoms with E-state index in [0.717, 1.165) is 24.4 Å². The third-order valence-electron chi connectivity index (χ3n) is 3.52. The highest BCUT2D eigenvalue weighted by Gasteiger charge is 2.10. The summed E-state index contributed by atoms with van der Waals surface area (Å²) < 4.78 is 6.00. The number of hydrogen-bond acceptors (Lipinski definition) is 2. The highest BCUT2D eigenvalue weighted by molar-refractivity contribution is 5.84. The van der Waals surface area contributed by atoms with E-state index >= 15 is 0 Å². The largest absolute Gasteiger partial charge is 0.456 e. The number of rotatable bonds is 4. The van der Waals surface area contributed by atoms with Crippen LogP contribution in [-0.2, 0) is 6.54 Å². The maximum Gasteiger partial charge on any atom is 0.135 e. The zero-order valence-corrected chi connectivity index (χ0v) is 11.9. The lowest BCUT2D eigenvalue weighted by Gasteiger charge is -2.07. The summed E-state index contributed by atoms with van der Waals surface area (Å²) in [6.07, 6.45) is 0. The smallest absolute Gasteiger partial charge is 0.135 e. The minimum absolute atomic E-state index is 0.864. The van der Waals surface area contributed by atoms with Crippen LogP contribution in [0.5, 0.6) is 0 Å². The maximum atomic E-state index is 6.00. The number of benzene rings is 2. The van der Waals surface area contributed by atoms with Crippen molar-refractivity contribution in [2.45, 2.75) is 20.4 Å². The van der Waals surface area contributed by atoms with E-state index in [2.05, 4.69) is 61.6 Å². The van der Waals surface area contributed by atoms with Crippen molar-refractivity contribution in [2.24, 2.45) is 0 Å². The highest BCUT2D eigenvalue weighted by Crippen LogP contribution is 2.30. The van der Waals surface area contributed by atoms with Gasteiger partial charge in [0.2, 0.25) is 0 Å². The van der Waals surface area contributed by atoms with Crippen LogP contribution in [0.1, 0.15) is 18.1 Å². The standard InChI is InChI=1S/C18H19NO/c1-3-19-12-14-6-4-5-7-16(14)18-11-15-10-13(2)8-9-17(15)20-18/h4-11,19H,3,12H2,1-2H3. The Bertz CT molecular complexity index is 727. The number of hydrogen-bond donors (Lipinski definition) is 1. The van der Waals surface area contributed by atoms with E-state index in [0.29, 0.717) is 0 Å². The number of aryl methyl sites for hydroxylation is 1. The van der Waals surface area contributed by atoms with E-state index in [1.807, 2.05) is 6.07 Å². The van der Waals surface area contributed by atoms with Gasteiger partial charge >= 0.3 is 0 Å². The Morgan fingerprint density at radius 2 is 1.90 bits per heavy atom. The molecule has 0 aliphatic carbocycles. The van der Waals surface area contributed by atoms with Gasteiger partial charge in [0.05, 0.1) is 0 Å². The third-order valence-corrected chi connectivity index (χ3v) is 3.52. The molecule has 3 aromatic rings. The number of fused-ring (bicyclic) bond motifs is 1. The Labute approximate surface area is 119 Å². The van der Waals surface area contributed by atoms with Crippen LogP contribution in [0.15, 0.2) is 52.9 Å². The van der Waals surface area contributed by atoms with E-state index in [4.69, 9.17) is 4.42 Å². The zero-order valence-electron chi connectivity index (χ0n) is 11.9. The van der Waals surface area contributed by atoms with E-state index < -0.39 is 0 Å². The summed E-state index contributed by atoms with van der Waals surface area (Å²) in [4.78, 5) is 0. The Balaban J connectivity index is 2.06. The van der Waals surface area contributed by atoms with Crippen LogP contribution >= 0.6 is 0 Å². The minimum Gasteiger partial charge on any atom is -0.456 e. The van der Waals surface area contributed by atoms with Gasteiger partial charge in [-0.15, -0.1) is 0 Å². The van der Waals surface area contributed by atoms with Crippen molar-refractivity contribution in [1.29, 1.82) is 0 Å². The van der Waals surface area contributed by atoms with Crippen molar-refractivity contribution >= 4 is 11.0 Å². The summed E-state index contributed by atoms with van der Waals surface area (Å²) in [5, 5.41) is 4.54. The molecular formula is C18H19NO. The van der Waals surface area contributed by atoms with Crippen LogP contribution in [0.4, 0.5) is 0 Å². The molecule has 102 valence electrons. The van der Waals surface area contributed by atoms with E-state index in [9.17, 15) is 0 Å². The van der Waals surface area contributed by atoms with Gasteiger partial charge in [0, 0.05) is 17.5 Å². The monoisotopic (exact) mass is 265 g/mol. The Morgan fingerprint density at radius 1 is 1.05 bits per heavy atom. The van der Waals surface area contributed by atoms with Crippen molar-refractivity contribution in [3.63, 3.8) is 0 Å². The molecule has 1 N–H and O–H groups in total. The minimum atomic E-state index is 0.864. The molecule has 20 heavy (non-hydrogen) atoms. The van der Waals surface area contributed by atoms with Crippen LogP contribution in [-0.4, -0.2) is 6.54 Å². The molecule has 1 aromatic heterocycles. The maximum absolute atomic E-state index is 6.00. The van der Waals surface area contributed by atoms with Crippen LogP contribution in [0.2, 0.25) is 0 Å². The highest BCUT2D eigenvalue weighted by atomic mass is 16.3. The Hall–Kier alpha value is -2.06. The Morgan fingerprint density at radius 3 is 2.75 bits per heavy atom. The Kier molecular flexibility index (Phi) is 3.57. The summed E-state index contributed by atoms with van der Waals surface area (Å²) in [5.74, 6) is 0.944. The first-order chi connectivity index (χ1) is 9.78. The first-order valence-electron chi connectivity index (χ1n) is 7.07. The topological polar surface area (TPSA) is 25.2 Å². The molecule has 0 unspecified atom stereocenters. The normalized spacial score (nSPS) is 11.1. The van der Waals surface area contributed by atoms with Gasteiger partial charge in [-0.3, -0.25) is 0 Å². The average molecular weight is 265 g/mol. The molecule has 1 heterocycles. The first-order valence-corrected chi connectivity index (χ1v) is 7.07. The molecule has 3 rings (SSSR count). The van der Waals surface area contributed by atoms with Gasteiger partial charge in [-0.2, -0.15) is 0 Å². The summed E-state index contributed by atoms with van der Waals surface area (Å²) in [6, 6.07) is 16.8. The van der Waals surface area contributed by atoms with Gasteiger partial charge in [-0.25, -0.2) is 0 Å². The lowest BCUT2D eigenvalue weighted by Crippen LogP contribution is -2.12. The lowest BCUT2D eigenvalue weighted by molar-refractivity contribution is 0.629.